The SMILES string of the molecule is CN(C)C1CCN(c2ccc(-c3nnc(/C=C/C4CCCC(OC(F)(F)F)C4)o3)cc2)C1. The number of likely N-dealkylation sites (N-methyl/N-ethyl adjacent to an activating group) is 1. The number of rotatable bonds is 6. The van der Waals surface area contributed by atoms with Crippen molar-refractivity contribution in [1.82, 2.24) is 15.1 Å². The molecule has 1 saturated heterocycles. The quantitative estimate of drug-likeness (QED) is 0.618. The van der Waals surface area contributed by atoms with E-state index in [2.05, 4.69) is 51.0 Å². The van der Waals surface area contributed by atoms with Crippen LogP contribution < -0.4 is 4.90 Å². The molecule has 0 bridgehead atoms. The van der Waals surface area contributed by atoms with Crippen molar-refractivity contribution in [3.05, 3.63) is 36.2 Å². The Labute approximate surface area is 186 Å². The Morgan fingerprint density at radius 3 is 2.59 bits per heavy atom. The Morgan fingerprint density at radius 1 is 1.12 bits per heavy atom. The Bertz CT molecular complexity index is 911. The monoisotopic (exact) mass is 450 g/mol. The summed E-state index contributed by atoms with van der Waals surface area (Å²) in [6.07, 6.45) is 1.60. The number of alkyl halides is 3. The summed E-state index contributed by atoms with van der Waals surface area (Å²) >= 11 is 0. The lowest BCUT2D eigenvalue weighted by molar-refractivity contribution is -0.346. The van der Waals surface area contributed by atoms with Crippen molar-refractivity contribution < 1.29 is 22.3 Å². The number of ether oxygens (including phenoxy) is 1. The summed E-state index contributed by atoms with van der Waals surface area (Å²) in [5, 5.41) is 8.17. The molecular formula is C23H29F3N4O2. The molecule has 6 nitrogen and oxygen atoms in total. The third kappa shape index (κ3) is 5.89. The molecule has 4 rings (SSSR count). The van der Waals surface area contributed by atoms with Gasteiger partial charge in [0.15, 0.2) is 0 Å². The van der Waals surface area contributed by atoms with Crippen LogP contribution in [0.5, 0.6) is 0 Å². The first-order chi connectivity index (χ1) is 15.3. The average molecular weight is 451 g/mol. The van der Waals surface area contributed by atoms with E-state index in [-0.39, 0.29) is 5.92 Å². The first-order valence-electron chi connectivity index (χ1n) is 11.0. The number of benzene rings is 1. The highest BCUT2D eigenvalue weighted by Crippen LogP contribution is 2.32. The number of hydrogen-bond donors (Lipinski definition) is 0. The molecule has 0 spiro atoms. The van der Waals surface area contributed by atoms with Crippen molar-refractivity contribution in [3.63, 3.8) is 0 Å². The second-order valence-corrected chi connectivity index (χ2v) is 8.82. The van der Waals surface area contributed by atoms with Crippen LogP contribution >= 0.6 is 0 Å². The summed E-state index contributed by atoms with van der Waals surface area (Å²) in [7, 11) is 4.23. The normalized spacial score (nSPS) is 24.7. The zero-order valence-corrected chi connectivity index (χ0v) is 18.4. The molecule has 1 aromatic heterocycles. The van der Waals surface area contributed by atoms with Crippen LogP contribution in [0.1, 0.15) is 38.0 Å². The standard InChI is InChI=1S/C23H29F3N4O2/c1-29(2)19-12-13-30(15-19)18-9-7-17(8-10-18)22-28-27-21(31-22)11-6-16-4-3-5-20(14-16)32-23(24,25)26/h6-11,16,19-20H,3-5,12-15H2,1-2H3/b11-6+. The van der Waals surface area contributed by atoms with Crippen LogP contribution in [-0.4, -0.2) is 60.8 Å². The van der Waals surface area contributed by atoms with E-state index in [0.717, 1.165) is 31.5 Å². The fourth-order valence-electron chi connectivity index (χ4n) is 4.50. The Morgan fingerprint density at radius 2 is 1.91 bits per heavy atom. The van der Waals surface area contributed by atoms with Gasteiger partial charge in [0, 0.05) is 30.4 Å². The number of anilines is 1. The highest BCUT2D eigenvalue weighted by Gasteiger charge is 2.35. The zero-order chi connectivity index (χ0) is 22.7. The smallest absolute Gasteiger partial charge is 0.417 e. The first kappa shape index (κ1) is 22.8. The Kier molecular flexibility index (Phi) is 6.85. The molecule has 3 atom stereocenters. The van der Waals surface area contributed by atoms with Gasteiger partial charge >= 0.3 is 6.36 Å². The van der Waals surface area contributed by atoms with E-state index in [4.69, 9.17) is 4.42 Å². The third-order valence-electron chi connectivity index (χ3n) is 6.29. The maximum atomic E-state index is 12.5. The highest BCUT2D eigenvalue weighted by molar-refractivity contribution is 5.60. The van der Waals surface area contributed by atoms with Crippen LogP contribution in [0, 0.1) is 5.92 Å². The van der Waals surface area contributed by atoms with Gasteiger partial charge in [-0.15, -0.1) is 23.4 Å². The van der Waals surface area contributed by atoms with Gasteiger partial charge in [-0.3, -0.25) is 4.74 Å². The summed E-state index contributed by atoms with van der Waals surface area (Å²) in [5.74, 6) is 0.763. The van der Waals surface area contributed by atoms with Crippen LogP contribution in [0.2, 0.25) is 0 Å². The molecule has 0 radical (unpaired) electrons. The minimum Gasteiger partial charge on any atom is -0.417 e. The Balaban J connectivity index is 1.34. The van der Waals surface area contributed by atoms with Gasteiger partial charge in [-0.25, -0.2) is 0 Å². The van der Waals surface area contributed by atoms with E-state index in [1.165, 1.54) is 5.69 Å². The van der Waals surface area contributed by atoms with Gasteiger partial charge < -0.3 is 14.2 Å². The second-order valence-electron chi connectivity index (χ2n) is 8.82. The van der Waals surface area contributed by atoms with E-state index in [9.17, 15) is 13.2 Å². The van der Waals surface area contributed by atoms with Crippen LogP contribution in [0.4, 0.5) is 18.9 Å². The van der Waals surface area contributed by atoms with E-state index >= 15 is 0 Å². The van der Waals surface area contributed by atoms with Gasteiger partial charge in [0.2, 0.25) is 11.8 Å². The minimum atomic E-state index is -4.59. The summed E-state index contributed by atoms with van der Waals surface area (Å²) in [6.45, 7) is 2.05. The first-order valence-corrected chi connectivity index (χ1v) is 11.0. The Hall–Kier alpha value is -2.39. The van der Waals surface area contributed by atoms with Gasteiger partial charge in [0.05, 0.1) is 6.10 Å². The molecular weight excluding hydrogens is 421 g/mol. The maximum Gasteiger partial charge on any atom is 0.522 e. The van der Waals surface area contributed by atoms with Crippen LogP contribution in [0.3, 0.4) is 0 Å². The highest BCUT2D eigenvalue weighted by atomic mass is 19.4. The minimum absolute atomic E-state index is 0.00261. The summed E-state index contributed by atoms with van der Waals surface area (Å²) < 4.78 is 47.3. The molecule has 3 unspecified atom stereocenters. The molecule has 2 aromatic rings. The summed E-state index contributed by atoms with van der Waals surface area (Å²) in [6, 6.07) is 8.64. The van der Waals surface area contributed by atoms with Crippen LogP contribution in [-0.2, 0) is 4.74 Å². The van der Waals surface area contributed by atoms with Crippen LogP contribution in [0.25, 0.3) is 17.5 Å². The molecule has 2 heterocycles. The van der Waals surface area contributed by atoms with Crippen LogP contribution in [0.15, 0.2) is 34.8 Å². The number of hydrogen-bond acceptors (Lipinski definition) is 6. The molecule has 174 valence electrons. The van der Waals surface area contributed by atoms with E-state index in [0.29, 0.717) is 37.1 Å². The predicted octanol–water partition coefficient (Wildman–Crippen LogP) is 4.99. The fourth-order valence-corrected chi connectivity index (χ4v) is 4.50. The maximum absolute atomic E-state index is 12.5. The molecule has 1 saturated carbocycles. The molecule has 1 aliphatic carbocycles. The lowest BCUT2D eigenvalue weighted by Crippen LogP contribution is -2.31. The predicted molar refractivity (Wildman–Crippen MR) is 116 cm³/mol. The van der Waals surface area contributed by atoms with Gasteiger partial charge in [-0.1, -0.05) is 12.5 Å². The lowest BCUT2D eigenvalue weighted by atomic mass is 9.87. The molecule has 0 amide bonds. The van der Waals surface area contributed by atoms with Crippen molar-refractivity contribution in [3.8, 4) is 11.5 Å². The molecule has 1 aliphatic heterocycles. The summed E-state index contributed by atoms with van der Waals surface area (Å²) in [4.78, 5) is 4.63. The second kappa shape index (κ2) is 9.62. The number of nitrogens with zero attached hydrogens (tertiary/aromatic N) is 4. The third-order valence-corrected chi connectivity index (χ3v) is 6.29. The van der Waals surface area contributed by atoms with Crippen molar-refractivity contribution in [2.24, 2.45) is 5.92 Å². The van der Waals surface area contributed by atoms with E-state index < -0.39 is 12.5 Å². The molecule has 2 aliphatic rings. The number of halogens is 3. The lowest BCUT2D eigenvalue weighted by Gasteiger charge is -2.27. The van der Waals surface area contributed by atoms with Crippen molar-refractivity contribution >= 4 is 11.8 Å². The molecule has 9 heteroatoms. The van der Waals surface area contributed by atoms with Gasteiger partial charge in [-0.05, 0) is 76.0 Å². The molecule has 1 aromatic carbocycles. The summed E-state index contributed by atoms with van der Waals surface area (Å²) in [5.41, 5.74) is 2.01. The average Bonchev–Trinajstić information content (AvgIpc) is 3.42. The van der Waals surface area contributed by atoms with E-state index in [1.54, 1.807) is 6.08 Å². The molecule has 0 N–H and O–H groups in total. The van der Waals surface area contributed by atoms with Gasteiger partial charge in [-0.2, -0.15) is 0 Å². The van der Waals surface area contributed by atoms with Crippen molar-refractivity contribution in [1.29, 1.82) is 0 Å². The van der Waals surface area contributed by atoms with Gasteiger partial charge in [0.1, 0.15) is 0 Å². The topological polar surface area (TPSA) is 54.6 Å². The van der Waals surface area contributed by atoms with Crippen molar-refractivity contribution in [2.45, 2.75) is 50.6 Å². The number of aromatic nitrogens is 2. The fraction of sp³-hybridized carbons (Fsp3) is 0.565. The largest absolute Gasteiger partial charge is 0.522 e. The zero-order valence-electron chi connectivity index (χ0n) is 18.4. The molecule has 32 heavy (non-hydrogen) atoms. The molecule has 2 fully saturated rings. The van der Waals surface area contributed by atoms with E-state index in [1.807, 2.05) is 18.2 Å². The number of allylic oxidation sites excluding steroid dienone is 1. The van der Waals surface area contributed by atoms with Gasteiger partial charge in [0.25, 0.3) is 0 Å². The van der Waals surface area contributed by atoms with Crippen molar-refractivity contribution in [2.75, 3.05) is 32.1 Å².